The van der Waals surface area contributed by atoms with Crippen LogP contribution in [0.2, 0.25) is 0 Å². The molecular weight excluding hydrogens is 240 g/mol. The lowest BCUT2D eigenvalue weighted by Gasteiger charge is -2.13. The van der Waals surface area contributed by atoms with Crippen LogP contribution in [0.15, 0.2) is 47.4 Å². The third kappa shape index (κ3) is 3.23. The van der Waals surface area contributed by atoms with Crippen LogP contribution >= 0.6 is 0 Å². The minimum Gasteiger partial charge on any atom is -0.491 e. The van der Waals surface area contributed by atoms with E-state index in [9.17, 15) is 4.79 Å². The van der Waals surface area contributed by atoms with Gasteiger partial charge in [-0.05, 0) is 18.6 Å². The van der Waals surface area contributed by atoms with Crippen LogP contribution < -0.4 is 16.0 Å². The topological polar surface area (TPSA) is 57.2 Å². The summed E-state index contributed by atoms with van der Waals surface area (Å²) in [5.41, 5.74) is 7.72. The third-order valence-corrected chi connectivity index (χ3v) is 2.99. The highest BCUT2D eigenvalue weighted by atomic mass is 16.5. The molecule has 0 saturated carbocycles. The highest BCUT2D eigenvalue weighted by molar-refractivity contribution is 5.40. The quantitative estimate of drug-likeness (QED) is 0.888. The van der Waals surface area contributed by atoms with Crippen molar-refractivity contribution in [2.24, 2.45) is 5.73 Å². The Morgan fingerprint density at radius 3 is 2.79 bits per heavy atom. The average molecular weight is 258 g/mol. The largest absolute Gasteiger partial charge is 0.491 e. The van der Waals surface area contributed by atoms with Gasteiger partial charge in [0.25, 0.3) is 5.56 Å². The summed E-state index contributed by atoms with van der Waals surface area (Å²) in [6, 6.07) is 11.0. The Bertz CT molecular complexity index is 605. The molecule has 0 aliphatic carbocycles. The first-order chi connectivity index (χ1) is 9.22. The maximum atomic E-state index is 11.5. The van der Waals surface area contributed by atoms with Gasteiger partial charge < -0.3 is 15.0 Å². The zero-order chi connectivity index (χ0) is 13.7. The van der Waals surface area contributed by atoms with Crippen molar-refractivity contribution >= 4 is 0 Å². The molecule has 2 aromatic rings. The van der Waals surface area contributed by atoms with E-state index in [0.29, 0.717) is 19.7 Å². The van der Waals surface area contributed by atoms with Crippen molar-refractivity contribution in [1.82, 2.24) is 4.57 Å². The van der Waals surface area contributed by atoms with Crippen molar-refractivity contribution in [3.63, 3.8) is 0 Å². The fraction of sp³-hybridized carbons (Fsp3) is 0.267. The smallest absolute Gasteiger partial charge is 0.250 e. The van der Waals surface area contributed by atoms with Crippen LogP contribution in [0.25, 0.3) is 0 Å². The van der Waals surface area contributed by atoms with E-state index in [0.717, 1.165) is 16.9 Å². The molecule has 1 heterocycles. The summed E-state index contributed by atoms with van der Waals surface area (Å²) < 4.78 is 7.40. The van der Waals surface area contributed by atoms with E-state index in [4.69, 9.17) is 10.5 Å². The summed E-state index contributed by atoms with van der Waals surface area (Å²) >= 11 is 0. The lowest BCUT2D eigenvalue weighted by molar-refractivity contribution is 0.292. The molecule has 1 aromatic heterocycles. The van der Waals surface area contributed by atoms with E-state index in [1.165, 1.54) is 0 Å². The molecule has 2 rings (SSSR count). The second kappa shape index (κ2) is 6.20. The lowest BCUT2D eigenvalue weighted by atomic mass is 10.1. The summed E-state index contributed by atoms with van der Waals surface area (Å²) in [6.45, 7) is 3.41. The third-order valence-electron chi connectivity index (χ3n) is 2.99. The number of nitrogens with two attached hydrogens (primary N) is 1. The van der Waals surface area contributed by atoms with Crippen LogP contribution in [0, 0.1) is 6.92 Å². The van der Waals surface area contributed by atoms with Crippen molar-refractivity contribution in [3.05, 3.63) is 64.1 Å². The van der Waals surface area contributed by atoms with E-state index in [1.807, 2.05) is 31.2 Å². The lowest BCUT2D eigenvalue weighted by Crippen LogP contribution is -2.21. The van der Waals surface area contributed by atoms with Gasteiger partial charge in [0.1, 0.15) is 12.4 Å². The number of rotatable bonds is 5. The van der Waals surface area contributed by atoms with Crippen molar-refractivity contribution in [2.45, 2.75) is 20.0 Å². The second-order valence-corrected chi connectivity index (χ2v) is 4.35. The SMILES string of the molecule is Cc1cccc(CN)c1OCCn1ccccc1=O. The molecule has 4 heteroatoms. The minimum absolute atomic E-state index is 0.0186. The van der Waals surface area contributed by atoms with E-state index in [-0.39, 0.29) is 5.56 Å². The Morgan fingerprint density at radius 1 is 1.21 bits per heavy atom. The summed E-state index contributed by atoms with van der Waals surface area (Å²) in [7, 11) is 0. The first-order valence-electron chi connectivity index (χ1n) is 6.29. The predicted octanol–water partition coefficient (Wildman–Crippen LogP) is 1.69. The summed E-state index contributed by atoms with van der Waals surface area (Å²) in [5.74, 6) is 0.828. The number of aryl methyl sites for hydroxylation is 1. The van der Waals surface area contributed by atoms with Crippen molar-refractivity contribution < 1.29 is 4.74 Å². The molecule has 0 aliphatic heterocycles. The number of pyridine rings is 1. The van der Waals surface area contributed by atoms with Crippen molar-refractivity contribution in [1.29, 1.82) is 0 Å². The van der Waals surface area contributed by atoms with Crippen LogP contribution in [0.3, 0.4) is 0 Å². The van der Waals surface area contributed by atoms with E-state index in [2.05, 4.69) is 0 Å². The maximum Gasteiger partial charge on any atom is 0.250 e. The fourth-order valence-corrected chi connectivity index (χ4v) is 1.97. The number of benzene rings is 1. The van der Waals surface area contributed by atoms with Gasteiger partial charge in [-0.15, -0.1) is 0 Å². The number of hydrogen-bond acceptors (Lipinski definition) is 3. The molecule has 19 heavy (non-hydrogen) atoms. The van der Waals surface area contributed by atoms with Crippen LogP contribution in [-0.4, -0.2) is 11.2 Å². The number of hydrogen-bond donors (Lipinski definition) is 1. The highest BCUT2D eigenvalue weighted by Gasteiger charge is 2.05. The average Bonchev–Trinajstić information content (AvgIpc) is 2.42. The van der Waals surface area contributed by atoms with Gasteiger partial charge in [-0.25, -0.2) is 0 Å². The molecule has 0 amide bonds. The summed E-state index contributed by atoms with van der Waals surface area (Å²) in [4.78, 5) is 11.5. The Hall–Kier alpha value is -2.07. The van der Waals surface area contributed by atoms with Crippen LogP contribution in [0.4, 0.5) is 0 Å². The van der Waals surface area contributed by atoms with Crippen LogP contribution in [0.5, 0.6) is 5.75 Å². The van der Waals surface area contributed by atoms with Gasteiger partial charge in [0.2, 0.25) is 0 Å². The molecule has 0 fully saturated rings. The Morgan fingerprint density at radius 2 is 2.05 bits per heavy atom. The normalized spacial score (nSPS) is 10.4. The van der Waals surface area contributed by atoms with E-state index in [1.54, 1.807) is 22.9 Å². The number of nitrogens with zero attached hydrogens (tertiary/aromatic N) is 1. The van der Waals surface area contributed by atoms with Gasteiger partial charge in [0.15, 0.2) is 0 Å². The molecule has 0 atom stereocenters. The summed E-state index contributed by atoms with van der Waals surface area (Å²) in [6.07, 6.45) is 1.76. The molecule has 0 bridgehead atoms. The van der Waals surface area contributed by atoms with E-state index < -0.39 is 0 Å². The van der Waals surface area contributed by atoms with Crippen molar-refractivity contribution in [2.75, 3.05) is 6.61 Å². The van der Waals surface area contributed by atoms with Gasteiger partial charge in [0.05, 0.1) is 6.54 Å². The fourth-order valence-electron chi connectivity index (χ4n) is 1.97. The van der Waals surface area contributed by atoms with Gasteiger partial charge >= 0.3 is 0 Å². The van der Waals surface area contributed by atoms with Crippen LogP contribution in [-0.2, 0) is 13.1 Å². The number of ether oxygens (including phenoxy) is 1. The molecule has 0 spiro atoms. The zero-order valence-corrected chi connectivity index (χ0v) is 11.0. The Kier molecular flexibility index (Phi) is 4.36. The highest BCUT2D eigenvalue weighted by Crippen LogP contribution is 2.22. The standard InChI is InChI=1S/C15H18N2O2/c1-12-5-4-6-13(11-16)15(12)19-10-9-17-8-3-2-7-14(17)18/h2-8H,9-11,16H2,1H3. The Balaban J connectivity index is 2.04. The molecule has 0 aliphatic rings. The van der Waals surface area contributed by atoms with E-state index >= 15 is 0 Å². The first-order valence-corrected chi connectivity index (χ1v) is 6.29. The number of aromatic nitrogens is 1. The zero-order valence-electron chi connectivity index (χ0n) is 11.0. The minimum atomic E-state index is -0.0186. The molecule has 2 N–H and O–H groups in total. The Labute approximate surface area is 112 Å². The molecule has 0 unspecified atom stereocenters. The first kappa shape index (κ1) is 13.4. The monoisotopic (exact) mass is 258 g/mol. The molecule has 4 nitrogen and oxygen atoms in total. The van der Waals surface area contributed by atoms with Gasteiger partial charge in [0, 0.05) is 24.4 Å². The molecule has 1 aromatic carbocycles. The number of para-hydroxylation sites is 1. The van der Waals surface area contributed by atoms with Crippen molar-refractivity contribution in [3.8, 4) is 5.75 Å². The summed E-state index contributed by atoms with van der Waals surface area (Å²) in [5, 5.41) is 0. The molecule has 100 valence electrons. The molecular formula is C15H18N2O2. The maximum absolute atomic E-state index is 11.5. The van der Waals surface area contributed by atoms with Gasteiger partial charge in [-0.2, -0.15) is 0 Å². The van der Waals surface area contributed by atoms with Gasteiger partial charge in [-0.3, -0.25) is 4.79 Å². The molecule has 0 saturated heterocycles. The predicted molar refractivity (Wildman–Crippen MR) is 75.3 cm³/mol. The van der Waals surface area contributed by atoms with Crippen LogP contribution in [0.1, 0.15) is 11.1 Å². The second-order valence-electron chi connectivity index (χ2n) is 4.35. The van der Waals surface area contributed by atoms with Gasteiger partial charge in [-0.1, -0.05) is 24.3 Å². The molecule has 0 radical (unpaired) electrons.